The highest BCUT2D eigenvalue weighted by Gasteiger charge is 2.13. The summed E-state index contributed by atoms with van der Waals surface area (Å²) in [5.74, 6) is 0.506. The number of benzene rings is 1. The van der Waals surface area contributed by atoms with Gasteiger partial charge < -0.3 is 10.1 Å². The quantitative estimate of drug-likeness (QED) is 0.823. The van der Waals surface area contributed by atoms with Crippen molar-refractivity contribution in [2.45, 2.75) is 33.7 Å². The van der Waals surface area contributed by atoms with E-state index in [0.29, 0.717) is 18.3 Å². The first-order valence-corrected chi connectivity index (χ1v) is 6.17. The maximum Gasteiger partial charge on any atom is 0.165 e. The second kappa shape index (κ2) is 6.60. The smallest absolute Gasteiger partial charge is 0.165 e. The molecule has 0 heterocycles. The van der Waals surface area contributed by atoms with E-state index in [0.717, 1.165) is 12.1 Å². The molecular formula is C14H22FNO. The lowest BCUT2D eigenvalue weighted by Crippen LogP contribution is -2.38. The number of likely N-dealkylation sites (N-methyl/N-ethyl adjacent to an activating group) is 1. The van der Waals surface area contributed by atoms with Crippen LogP contribution in [0.5, 0.6) is 5.75 Å². The summed E-state index contributed by atoms with van der Waals surface area (Å²) >= 11 is 0. The van der Waals surface area contributed by atoms with Gasteiger partial charge in [-0.3, -0.25) is 0 Å². The van der Waals surface area contributed by atoms with Crippen molar-refractivity contribution in [1.82, 2.24) is 5.32 Å². The molecule has 1 N–H and O–H groups in total. The van der Waals surface area contributed by atoms with Crippen LogP contribution in [0, 0.1) is 18.7 Å². The van der Waals surface area contributed by atoms with Gasteiger partial charge in [0, 0.05) is 6.04 Å². The molecule has 0 radical (unpaired) electrons. The normalized spacial score (nSPS) is 12.8. The van der Waals surface area contributed by atoms with Crippen LogP contribution in [0.25, 0.3) is 0 Å². The number of ether oxygens (including phenoxy) is 1. The fourth-order valence-corrected chi connectivity index (χ4v) is 1.65. The molecule has 0 saturated heterocycles. The van der Waals surface area contributed by atoms with Gasteiger partial charge in [-0.1, -0.05) is 26.8 Å². The average molecular weight is 239 g/mol. The van der Waals surface area contributed by atoms with Gasteiger partial charge in [0.1, 0.15) is 6.61 Å². The maximum atomic E-state index is 13.5. The topological polar surface area (TPSA) is 21.3 Å². The first kappa shape index (κ1) is 14.0. The van der Waals surface area contributed by atoms with E-state index in [-0.39, 0.29) is 11.9 Å². The Hall–Kier alpha value is -1.09. The third kappa shape index (κ3) is 4.35. The predicted octanol–water partition coefficient (Wildman–Crippen LogP) is 3.15. The molecule has 0 aliphatic carbocycles. The molecule has 0 fully saturated rings. The largest absolute Gasteiger partial charge is 0.489 e. The van der Waals surface area contributed by atoms with Gasteiger partial charge in [-0.2, -0.15) is 0 Å². The van der Waals surface area contributed by atoms with Gasteiger partial charge in [0.15, 0.2) is 11.6 Å². The third-order valence-corrected chi connectivity index (χ3v) is 2.78. The minimum atomic E-state index is -0.297. The Kier molecular flexibility index (Phi) is 5.42. The van der Waals surface area contributed by atoms with Gasteiger partial charge in [0.05, 0.1) is 0 Å². The number of aryl methyl sites for hydroxylation is 1. The van der Waals surface area contributed by atoms with Crippen molar-refractivity contribution in [3.05, 3.63) is 29.6 Å². The molecule has 3 heteroatoms. The Balaban J connectivity index is 2.61. The molecule has 1 aromatic carbocycles. The number of rotatable bonds is 6. The highest BCUT2D eigenvalue weighted by Crippen LogP contribution is 2.19. The summed E-state index contributed by atoms with van der Waals surface area (Å²) in [6.45, 7) is 9.63. The van der Waals surface area contributed by atoms with Crippen molar-refractivity contribution in [2.75, 3.05) is 13.2 Å². The second-order valence-corrected chi connectivity index (χ2v) is 4.65. The van der Waals surface area contributed by atoms with Gasteiger partial charge in [-0.15, -0.1) is 0 Å². The standard InChI is InChI=1S/C14H22FNO/c1-5-16-13(10(2)3)9-17-14-8-11(4)6-7-12(14)15/h6-8,10,13,16H,5,9H2,1-4H3. The fraction of sp³-hybridized carbons (Fsp3) is 0.571. The molecule has 0 saturated carbocycles. The molecule has 1 aromatic rings. The third-order valence-electron chi connectivity index (χ3n) is 2.78. The summed E-state index contributed by atoms with van der Waals surface area (Å²) in [5, 5.41) is 3.34. The monoisotopic (exact) mass is 239 g/mol. The lowest BCUT2D eigenvalue weighted by atomic mass is 10.1. The zero-order chi connectivity index (χ0) is 12.8. The van der Waals surface area contributed by atoms with E-state index in [9.17, 15) is 4.39 Å². The lowest BCUT2D eigenvalue weighted by molar-refractivity contribution is 0.224. The van der Waals surface area contributed by atoms with E-state index < -0.39 is 0 Å². The van der Waals surface area contributed by atoms with Crippen molar-refractivity contribution < 1.29 is 9.13 Å². The summed E-state index contributed by atoms with van der Waals surface area (Å²) in [4.78, 5) is 0. The summed E-state index contributed by atoms with van der Waals surface area (Å²) in [7, 11) is 0. The molecule has 0 aliphatic rings. The Morgan fingerprint density at radius 2 is 2.06 bits per heavy atom. The van der Waals surface area contributed by atoms with E-state index in [1.165, 1.54) is 6.07 Å². The van der Waals surface area contributed by atoms with Crippen LogP contribution in [0.1, 0.15) is 26.3 Å². The van der Waals surface area contributed by atoms with Gasteiger partial charge in [-0.25, -0.2) is 4.39 Å². The summed E-state index contributed by atoms with van der Waals surface area (Å²) in [5.41, 5.74) is 1.01. The van der Waals surface area contributed by atoms with Crippen LogP contribution in [-0.4, -0.2) is 19.2 Å². The number of hydrogen-bond acceptors (Lipinski definition) is 2. The molecule has 0 bridgehead atoms. The Morgan fingerprint density at radius 1 is 1.35 bits per heavy atom. The average Bonchev–Trinajstić information content (AvgIpc) is 2.28. The molecule has 1 rings (SSSR count). The van der Waals surface area contributed by atoms with Crippen molar-refractivity contribution in [3.8, 4) is 5.75 Å². The molecule has 96 valence electrons. The van der Waals surface area contributed by atoms with Crippen LogP contribution in [0.2, 0.25) is 0 Å². The molecule has 0 aromatic heterocycles. The van der Waals surface area contributed by atoms with E-state index >= 15 is 0 Å². The first-order valence-electron chi connectivity index (χ1n) is 6.17. The van der Waals surface area contributed by atoms with Crippen LogP contribution >= 0.6 is 0 Å². The Labute approximate surface area is 103 Å². The van der Waals surface area contributed by atoms with Crippen LogP contribution in [-0.2, 0) is 0 Å². The highest BCUT2D eigenvalue weighted by molar-refractivity contribution is 5.29. The van der Waals surface area contributed by atoms with Gasteiger partial charge in [-0.05, 0) is 37.1 Å². The molecule has 2 nitrogen and oxygen atoms in total. The number of hydrogen-bond donors (Lipinski definition) is 1. The first-order chi connectivity index (χ1) is 8.04. The molecular weight excluding hydrogens is 217 g/mol. The molecule has 0 spiro atoms. The number of halogens is 1. The molecule has 1 unspecified atom stereocenters. The Morgan fingerprint density at radius 3 is 2.65 bits per heavy atom. The minimum absolute atomic E-state index is 0.250. The zero-order valence-corrected chi connectivity index (χ0v) is 11.1. The fourth-order valence-electron chi connectivity index (χ4n) is 1.65. The SMILES string of the molecule is CCNC(COc1cc(C)ccc1F)C(C)C. The summed E-state index contributed by atoms with van der Waals surface area (Å²) in [6.07, 6.45) is 0. The lowest BCUT2D eigenvalue weighted by Gasteiger charge is -2.22. The minimum Gasteiger partial charge on any atom is -0.489 e. The summed E-state index contributed by atoms with van der Waals surface area (Å²) < 4.78 is 19.0. The second-order valence-electron chi connectivity index (χ2n) is 4.65. The van der Waals surface area contributed by atoms with Gasteiger partial charge >= 0.3 is 0 Å². The molecule has 17 heavy (non-hydrogen) atoms. The van der Waals surface area contributed by atoms with Crippen molar-refractivity contribution >= 4 is 0 Å². The predicted molar refractivity (Wildman–Crippen MR) is 68.9 cm³/mol. The van der Waals surface area contributed by atoms with Crippen LogP contribution in [0.4, 0.5) is 4.39 Å². The van der Waals surface area contributed by atoms with E-state index in [2.05, 4.69) is 26.1 Å². The van der Waals surface area contributed by atoms with E-state index in [1.54, 1.807) is 12.1 Å². The summed E-state index contributed by atoms with van der Waals surface area (Å²) in [6, 6.07) is 5.17. The van der Waals surface area contributed by atoms with Gasteiger partial charge in [0.25, 0.3) is 0 Å². The maximum absolute atomic E-state index is 13.5. The van der Waals surface area contributed by atoms with E-state index in [1.807, 2.05) is 6.92 Å². The molecule has 1 atom stereocenters. The number of nitrogens with one attached hydrogen (secondary N) is 1. The van der Waals surface area contributed by atoms with Crippen LogP contribution in [0.3, 0.4) is 0 Å². The highest BCUT2D eigenvalue weighted by atomic mass is 19.1. The van der Waals surface area contributed by atoms with Crippen molar-refractivity contribution in [2.24, 2.45) is 5.92 Å². The van der Waals surface area contributed by atoms with E-state index in [4.69, 9.17) is 4.74 Å². The van der Waals surface area contributed by atoms with Crippen LogP contribution < -0.4 is 10.1 Å². The Bertz CT molecular complexity index is 352. The van der Waals surface area contributed by atoms with Crippen molar-refractivity contribution in [3.63, 3.8) is 0 Å². The van der Waals surface area contributed by atoms with Crippen molar-refractivity contribution in [1.29, 1.82) is 0 Å². The van der Waals surface area contributed by atoms with Gasteiger partial charge in [0.2, 0.25) is 0 Å². The molecule has 0 amide bonds. The van der Waals surface area contributed by atoms with Crippen LogP contribution in [0.15, 0.2) is 18.2 Å². The zero-order valence-electron chi connectivity index (χ0n) is 11.1. The molecule has 0 aliphatic heterocycles.